The smallest absolute Gasteiger partial charge is 0.0607 e. The number of rotatable bonds is 0. The van der Waals surface area contributed by atoms with E-state index in [1.807, 2.05) is 13.8 Å². The van der Waals surface area contributed by atoms with Crippen LogP contribution >= 0.6 is 0 Å². The molecule has 0 amide bonds. The van der Waals surface area contributed by atoms with Crippen molar-refractivity contribution in [1.82, 2.24) is 5.32 Å². The molecule has 1 unspecified atom stereocenters. The fourth-order valence-corrected chi connectivity index (χ4v) is 2.32. The maximum Gasteiger partial charge on any atom is 0.0607 e. The molecule has 0 saturated carbocycles. The average molecular weight is 162 g/mol. The van der Waals surface area contributed by atoms with Crippen LogP contribution in [0.2, 0.25) is 0 Å². The predicted octanol–water partition coefficient (Wildman–Crippen LogP) is 0.415. The van der Waals surface area contributed by atoms with Crippen LogP contribution in [-0.2, 0) is 9.73 Å². The molecule has 10 heavy (non-hydrogen) atoms. The minimum Gasteiger partial charge on any atom is -0.314 e. The van der Waals surface area contributed by atoms with E-state index in [2.05, 4.69) is 5.32 Å². The van der Waals surface area contributed by atoms with Gasteiger partial charge in [0.1, 0.15) is 0 Å². The predicted molar refractivity (Wildman–Crippen MR) is 42.7 cm³/mol. The number of hydrogen-bond acceptors (Lipinski definition) is 3. The normalized spacial score (nSPS) is 39.4. The molecule has 1 aliphatic rings. The first kappa shape index (κ1) is 8.01. The van der Waals surface area contributed by atoms with E-state index in [0.717, 1.165) is 6.54 Å². The van der Waals surface area contributed by atoms with Crippen molar-refractivity contribution in [2.45, 2.75) is 18.6 Å². The summed E-state index contributed by atoms with van der Waals surface area (Å²) < 4.78 is 18.7. The lowest BCUT2D eigenvalue weighted by atomic mass is 10.2. The van der Waals surface area contributed by atoms with Gasteiger partial charge in [-0.25, -0.2) is 4.21 Å². The molecule has 1 aliphatic heterocycles. The standard InChI is InChI=1S/C6H14N2OS/c1-6(2)5-8-3-4-10(6,7)9/h7-8H,3-5H2,1-2H3. The van der Waals surface area contributed by atoms with E-state index in [9.17, 15) is 4.21 Å². The lowest BCUT2D eigenvalue weighted by Crippen LogP contribution is -2.50. The molecule has 1 rings (SSSR count). The van der Waals surface area contributed by atoms with Gasteiger partial charge >= 0.3 is 0 Å². The Balaban J connectivity index is 2.92. The second-order valence-electron chi connectivity index (χ2n) is 3.32. The third-order valence-corrected chi connectivity index (χ3v) is 4.72. The van der Waals surface area contributed by atoms with E-state index in [0.29, 0.717) is 12.3 Å². The summed E-state index contributed by atoms with van der Waals surface area (Å²) in [4.78, 5) is 0. The Labute approximate surface area is 62.2 Å². The van der Waals surface area contributed by atoms with E-state index < -0.39 is 9.73 Å². The Morgan fingerprint density at radius 1 is 1.60 bits per heavy atom. The van der Waals surface area contributed by atoms with Gasteiger partial charge in [-0.2, -0.15) is 0 Å². The van der Waals surface area contributed by atoms with Gasteiger partial charge in [0, 0.05) is 18.8 Å². The zero-order valence-corrected chi connectivity index (χ0v) is 7.25. The van der Waals surface area contributed by atoms with Gasteiger partial charge in [-0.3, -0.25) is 4.78 Å². The molecule has 1 atom stereocenters. The lowest BCUT2D eigenvalue weighted by Gasteiger charge is -2.32. The highest BCUT2D eigenvalue weighted by atomic mass is 32.2. The van der Waals surface area contributed by atoms with Gasteiger partial charge in [0.05, 0.1) is 14.5 Å². The van der Waals surface area contributed by atoms with E-state index >= 15 is 0 Å². The van der Waals surface area contributed by atoms with Crippen molar-refractivity contribution in [3.05, 3.63) is 0 Å². The number of nitrogens with one attached hydrogen (secondary N) is 2. The highest BCUT2D eigenvalue weighted by Gasteiger charge is 2.32. The van der Waals surface area contributed by atoms with Gasteiger partial charge in [-0.15, -0.1) is 0 Å². The molecular formula is C6H14N2OS. The summed E-state index contributed by atoms with van der Waals surface area (Å²) in [5.74, 6) is 0.500. The van der Waals surface area contributed by atoms with Crippen LogP contribution in [-0.4, -0.2) is 27.8 Å². The van der Waals surface area contributed by atoms with Crippen molar-refractivity contribution < 1.29 is 4.21 Å². The Morgan fingerprint density at radius 3 is 2.50 bits per heavy atom. The van der Waals surface area contributed by atoms with Crippen LogP contribution in [0.1, 0.15) is 13.8 Å². The second-order valence-corrected chi connectivity index (χ2v) is 6.18. The van der Waals surface area contributed by atoms with Gasteiger partial charge in [-0.05, 0) is 13.8 Å². The maximum absolute atomic E-state index is 11.5. The highest BCUT2D eigenvalue weighted by molar-refractivity contribution is 7.93. The van der Waals surface area contributed by atoms with Crippen molar-refractivity contribution in [2.24, 2.45) is 0 Å². The third kappa shape index (κ3) is 1.18. The Morgan fingerprint density at radius 2 is 2.20 bits per heavy atom. The van der Waals surface area contributed by atoms with Crippen LogP contribution < -0.4 is 5.32 Å². The van der Waals surface area contributed by atoms with Crippen molar-refractivity contribution in [2.75, 3.05) is 18.8 Å². The Hall–Kier alpha value is -0.0900. The molecule has 0 spiro atoms. The minimum absolute atomic E-state index is 0.342. The molecule has 0 aromatic heterocycles. The van der Waals surface area contributed by atoms with E-state index in [1.165, 1.54) is 0 Å². The molecule has 0 aliphatic carbocycles. The van der Waals surface area contributed by atoms with Crippen LogP contribution in [0.4, 0.5) is 0 Å². The van der Waals surface area contributed by atoms with Crippen molar-refractivity contribution >= 4 is 9.73 Å². The lowest BCUT2D eigenvalue weighted by molar-refractivity contribution is 0.541. The second kappa shape index (κ2) is 2.20. The summed E-state index contributed by atoms with van der Waals surface area (Å²) in [6.45, 7) is 5.20. The monoisotopic (exact) mass is 162 g/mol. The van der Waals surface area contributed by atoms with Crippen LogP contribution in [0, 0.1) is 4.78 Å². The molecule has 2 N–H and O–H groups in total. The zero-order valence-electron chi connectivity index (χ0n) is 6.44. The summed E-state index contributed by atoms with van der Waals surface area (Å²) in [5, 5.41) is 3.13. The first-order valence-electron chi connectivity index (χ1n) is 3.42. The summed E-state index contributed by atoms with van der Waals surface area (Å²) in [6.07, 6.45) is 0. The van der Waals surface area contributed by atoms with E-state index in [4.69, 9.17) is 4.78 Å². The quantitative estimate of drug-likeness (QED) is 0.542. The van der Waals surface area contributed by atoms with Crippen molar-refractivity contribution in [3.8, 4) is 0 Å². The van der Waals surface area contributed by atoms with Gasteiger partial charge < -0.3 is 5.32 Å². The van der Waals surface area contributed by atoms with Crippen LogP contribution in [0.3, 0.4) is 0 Å². The highest BCUT2D eigenvalue weighted by Crippen LogP contribution is 2.19. The van der Waals surface area contributed by atoms with Gasteiger partial charge in [0.2, 0.25) is 0 Å². The summed E-state index contributed by atoms with van der Waals surface area (Å²) >= 11 is 0. The topological polar surface area (TPSA) is 53.0 Å². The molecule has 60 valence electrons. The van der Waals surface area contributed by atoms with Crippen molar-refractivity contribution in [1.29, 1.82) is 4.78 Å². The first-order valence-corrected chi connectivity index (χ1v) is 5.15. The van der Waals surface area contributed by atoms with Crippen molar-refractivity contribution in [3.63, 3.8) is 0 Å². The molecule has 0 aromatic carbocycles. The molecule has 1 saturated heterocycles. The molecule has 0 radical (unpaired) electrons. The molecular weight excluding hydrogens is 148 g/mol. The summed E-state index contributed by atoms with van der Waals surface area (Å²) in [6, 6.07) is 0. The molecule has 0 bridgehead atoms. The minimum atomic E-state index is -2.32. The largest absolute Gasteiger partial charge is 0.314 e. The maximum atomic E-state index is 11.5. The fourth-order valence-electron chi connectivity index (χ4n) is 0.998. The van der Waals surface area contributed by atoms with Gasteiger partial charge in [0.15, 0.2) is 0 Å². The van der Waals surface area contributed by atoms with E-state index in [1.54, 1.807) is 0 Å². The summed E-state index contributed by atoms with van der Waals surface area (Å²) in [5.41, 5.74) is 0. The first-order chi connectivity index (χ1) is 4.46. The van der Waals surface area contributed by atoms with Gasteiger partial charge in [-0.1, -0.05) is 0 Å². The number of hydrogen-bond donors (Lipinski definition) is 2. The van der Waals surface area contributed by atoms with Crippen LogP contribution in [0.25, 0.3) is 0 Å². The molecule has 1 fully saturated rings. The molecule has 1 heterocycles. The van der Waals surface area contributed by atoms with E-state index in [-0.39, 0.29) is 4.75 Å². The zero-order chi connectivity index (χ0) is 7.83. The van der Waals surface area contributed by atoms with Gasteiger partial charge in [0.25, 0.3) is 0 Å². The fraction of sp³-hybridized carbons (Fsp3) is 1.00. The average Bonchev–Trinajstić information content (AvgIpc) is 1.77. The molecule has 4 heteroatoms. The Bertz CT molecular complexity index is 218. The SMILES string of the molecule is CC1(C)CNCCS1(=N)=O. The molecule has 0 aromatic rings. The molecule has 3 nitrogen and oxygen atoms in total. The summed E-state index contributed by atoms with van der Waals surface area (Å²) in [7, 11) is -2.32. The Kier molecular flexibility index (Phi) is 1.76. The van der Waals surface area contributed by atoms with Crippen LogP contribution in [0.15, 0.2) is 0 Å². The third-order valence-electron chi connectivity index (χ3n) is 2.01. The van der Waals surface area contributed by atoms with Crippen LogP contribution in [0.5, 0.6) is 0 Å².